The molecule has 0 aromatic heterocycles. The number of hydrogen-bond donors (Lipinski definition) is 0. The van der Waals surface area contributed by atoms with Crippen LogP contribution in [0.5, 0.6) is 0 Å². The smallest absolute Gasteiger partial charge is 0.303 e. The van der Waals surface area contributed by atoms with E-state index in [1.807, 2.05) is 30.3 Å². The standard InChI is InChI=1S/C18H26O3S/c1-3-4-5-6-10-13-18(21-15(2)19)17(20)14-22-16-11-8-7-9-12-16/h7-9,11-12,18H,3-6,10,13-14H2,1-2H3. The summed E-state index contributed by atoms with van der Waals surface area (Å²) in [5.41, 5.74) is 0. The highest BCUT2D eigenvalue weighted by molar-refractivity contribution is 8.00. The Kier molecular flexibility index (Phi) is 9.64. The summed E-state index contributed by atoms with van der Waals surface area (Å²) in [7, 11) is 0. The Morgan fingerprint density at radius 3 is 2.41 bits per heavy atom. The van der Waals surface area contributed by atoms with Gasteiger partial charge in [-0.1, -0.05) is 50.8 Å². The van der Waals surface area contributed by atoms with Gasteiger partial charge in [0.2, 0.25) is 0 Å². The lowest BCUT2D eigenvalue weighted by Crippen LogP contribution is -2.28. The largest absolute Gasteiger partial charge is 0.455 e. The van der Waals surface area contributed by atoms with Gasteiger partial charge in [0, 0.05) is 11.8 Å². The Balaban J connectivity index is 2.40. The Morgan fingerprint density at radius 1 is 1.09 bits per heavy atom. The van der Waals surface area contributed by atoms with E-state index in [1.165, 1.54) is 37.9 Å². The van der Waals surface area contributed by atoms with Gasteiger partial charge in [-0.2, -0.15) is 0 Å². The summed E-state index contributed by atoms with van der Waals surface area (Å²) < 4.78 is 5.21. The van der Waals surface area contributed by atoms with E-state index in [0.717, 1.165) is 17.7 Å². The predicted molar refractivity (Wildman–Crippen MR) is 91.1 cm³/mol. The number of benzene rings is 1. The summed E-state index contributed by atoms with van der Waals surface area (Å²) >= 11 is 1.49. The maximum absolute atomic E-state index is 12.3. The summed E-state index contributed by atoms with van der Waals surface area (Å²) in [6.45, 7) is 3.54. The van der Waals surface area contributed by atoms with Crippen molar-refractivity contribution in [2.24, 2.45) is 0 Å². The average Bonchev–Trinajstić information content (AvgIpc) is 2.52. The van der Waals surface area contributed by atoms with Crippen molar-refractivity contribution in [1.82, 2.24) is 0 Å². The normalized spacial score (nSPS) is 11.9. The van der Waals surface area contributed by atoms with Gasteiger partial charge >= 0.3 is 5.97 Å². The third kappa shape index (κ3) is 8.23. The molecular formula is C18H26O3S. The van der Waals surface area contributed by atoms with Crippen LogP contribution in [0.25, 0.3) is 0 Å². The van der Waals surface area contributed by atoms with Crippen LogP contribution in [0.1, 0.15) is 52.4 Å². The van der Waals surface area contributed by atoms with Crippen LogP contribution >= 0.6 is 11.8 Å². The first kappa shape index (κ1) is 18.8. The van der Waals surface area contributed by atoms with Crippen LogP contribution < -0.4 is 0 Å². The zero-order valence-electron chi connectivity index (χ0n) is 13.5. The molecule has 3 nitrogen and oxygen atoms in total. The molecule has 122 valence electrons. The topological polar surface area (TPSA) is 43.4 Å². The van der Waals surface area contributed by atoms with E-state index in [2.05, 4.69) is 6.92 Å². The number of unbranched alkanes of at least 4 members (excludes halogenated alkanes) is 4. The molecule has 22 heavy (non-hydrogen) atoms. The Labute approximate surface area is 137 Å². The van der Waals surface area contributed by atoms with Gasteiger partial charge in [-0.15, -0.1) is 11.8 Å². The Hall–Kier alpha value is -1.29. The van der Waals surface area contributed by atoms with Crippen LogP contribution in [-0.2, 0) is 14.3 Å². The fraction of sp³-hybridized carbons (Fsp3) is 0.556. The number of carbonyl (C=O) groups is 2. The van der Waals surface area contributed by atoms with Crippen LogP contribution in [0.4, 0.5) is 0 Å². The lowest BCUT2D eigenvalue weighted by atomic mass is 10.1. The molecule has 0 aliphatic heterocycles. The van der Waals surface area contributed by atoms with Gasteiger partial charge in [0.25, 0.3) is 0 Å². The van der Waals surface area contributed by atoms with Crippen LogP contribution in [0, 0.1) is 0 Å². The zero-order chi connectivity index (χ0) is 16.2. The molecule has 0 spiro atoms. The molecule has 0 fully saturated rings. The van der Waals surface area contributed by atoms with Gasteiger partial charge < -0.3 is 4.74 Å². The van der Waals surface area contributed by atoms with E-state index in [4.69, 9.17) is 4.74 Å². The van der Waals surface area contributed by atoms with E-state index in [-0.39, 0.29) is 11.8 Å². The van der Waals surface area contributed by atoms with Crippen LogP contribution in [0.3, 0.4) is 0 Å². The highest BCUT2D eigenvalue weighted by Gasteiger charge is 2.21. The third-order valence-electron chi connectivity index (χ3n) is 3.36. The Bertz CT molecular complexity index is 445. The molecule has 0 aliphatic carbocycles. The number of esters is 1. The number of rotatable bonds is 11. The molecule has 0 aliphatic rings. The first-order chi connectivity index (χ1) is 10.6. The molecule has 0 heterocycles. The van der Waals surface area contributed by atoms with Crippen molar-refractivity contribution in [2.45, 2.75) is 63.4 Å². The average molecular weight is 322 g/mol. The van der Waals surface area contributed by atoms with E-state index in [9.17, 15) is 9.59 Å². The second-order valence-corrected chi connectivity index (χ2v) is 6.42. The minimum absolute atomic E-state index is 0.000422. The van der Waals surface area contributed by atoms with E-state index < -0.39 is 6.10 Å². The van der Waals surface area contributed by atoms with Crippen molar-refractivity contribution >= 4 is 23.5 Å². The fourth-order valence-electron chi connectivity index (χ4n) is 2.18. The molecule has 0 saturated carbocycles. The maximum Gasteiger partial charge on any atom is 0.303 e. The first-order valence-corrected chi connectivity index (χ1v) is 8.99. The molecule has 1 unspecified atom stereocenters. The van der Waals surface area contributed by atoms with Crippen molar-refractivity contribution in [2.75, 3.05) is 5.75 Å². The summed E-state index contributed by atoms with van der Waals surface area (Å²) in [4.78, 5) is 24.5. The molecule has 0 bridgehead atoms. The molecule has 1 atom stereocenters. The molecular weight excluding hydrogens is 296 g/mol. The van der Waals surface area contributed by atoms with E-state index in [0.29, 0.717) is 12.2 Å². The molecule has 1 rings (SSSR count). The van der Waals surface area contributed by atoms with Gasteiger partial charge in [0.05, 0.1) is 5.75 Å². The van der Waals surface area contributed by atoms with Gasteiger partial charge in [-0.25, -0.2) is 0 Å². The highest BCUT2D eigenvalue weighted by Crippen LogP contribution is 2.19. The number of thioether (sulfide) groups is 1. The molecule has 0 saturated heterocycles. The number of Topliss-reactive ketones (excluding diaryl/α,β-unsaturated/α-hetero) is 1. The van der Waals surface area contributed by atoms with Gasteiger partial charge in [0.1, 0.15) is 0 Å². The maximum atomic E-state index is 12.3. The van der Waals surface area contributed by atoms with Crippen molar-refractivity contribution in [3.63, 3.8) is 0 Å². The van der Waals surface area contributed by atoms with Crippen molar-refractivity contribution in [3.8, 4) is 0 Å². The monoisotopic (exact) mass is 322 g/mol. The predicted octanol–water partition coefficient (Wildman–Crippen LogP) is 4.64. The molecule has 4 heteroatoms. The lowest BCUT2D eigenvalue weighted by Gasteiger charge is -2.15. The second-order valence-electron chi connectivity index (χ2n) is 5.37. The fourth-order valence-corrected chi connectivity index (χ4v) is 3.03. The molecule has 1 aromatic rings. The number of ketones is 1. The van der Waals surface area contributed by atoms with Gasteiger partial charge in [-0.3, -0.25) is 9.59 Å². The van der Waals surface area contributed by atoms with Crippen molar-refractivity contribution in [1.29, 1.82) is 0 Å². The lowest BCUT2D eigenvalue weighted by molar-refractivity contribution is -0.152. The van der Waals surface area contributed by atoms with Crippen molar-refractivity contribution < 1.29 is 14.3 Å². The van der Waals surface area contributed by atoms with E-state index in [1.54, 1.807) is 0 Å². The quantitative estimate of drug-likeness (QED) is 0.338. The zero-order valence-corrected chi connectivity index (χ0v) is 14.4. The van der Waals surface area contributed by atoms with Crippen LogP contribution in [0.15, 0.2) is 35.2 Å². The summed E-state index contributed by atoms with van der Waals surface area (Å²) in [6.07, 6.45) is 5.66. The van der Waals surface area contributed by atoms with Gasteiger partial charge in [0.15, 0.2) is 11.9 Å². The number of ether oxygens (including phenoxy) is 1. The molecule has 0 amide bonds. The third-order valence-corrected chi connectivity index (χ3v) is 4.40. The van der Waals surface area contributed by atoms with E-state index >= 15 is 0 Å². The molecule has 0 radical (unpaired) electrons. The first-order valence-electron chi connectivity index (χ1n) is 8.01. The molecule has 1 aromatic carbocycles. The van der Waals surface area contributed by atoms with Gasteiger partial charge in [-0.05, 0) is 25.0 Å². The SMILES string of the molecule is CCCCCCCC(OC(C)=O)C(=O)CSc1ccccc1. The summed E-state index contributed by atoms with van der Waals surface area (Å²) in [5, 5.41) is 0. The minimum Gasteiger partial charge on any atom is -0.455 e. The number of carbonyl (C=O) groups excluding carboxylic acids is 2. The number of hydrogen-bond acceptors (Lipinski definition) is 4. The molecule has 0 N–H and O–H groups in total. The van der Waals surface area contributed by atoms with Crippen LogP contribution in [-0.4, -0.2) is 23.6 Å². The second kappa shape index (κ2) is 11.3. The highest BCUT2D eigenvalue weighted by atomic mass is 32.2. The Morgan fingerprint density at radius 2 is 1.77 bits per heavy atom. The minimum atomic E-state index is -0.588. The van der Waals surface area contributed by atoms with Crippen molar-refractivity contribution in [3.05, 3.63) is 30.3 Å². The van der Waals surface area contributed by atoms with Crippen LogP contribution in [0.2, 0.25) is 0 Å². The summed E-state index contributed by atoms with van der Waals surface area (Å²) in [5.74, 6) is -0.0344. The summed E-state index contributed by atoms with van der Waals surface area (Å²) in [6, 6.07) is 9.80.